The van der Waals surface area contributed by atoms with Crippen LogP contribution in [0.5, 0.6) is 23.0 Å². The van der Waals surface area contributed by atoms with Crippen LogP contribution in [0.1, 0.15) is 22.3 Å². The topological polar surface area (TPSA) is 89.8 Å². The van der Waals surface area contributed by atoms with E-state index in [0.29, 0.717) is 5.75 Å². The molecular formula is C22H10F3N3O2. The number of nitriles is 3. The van der Waals surface area contributed by atoms with Gasteiger partial charge in [0.05, 0.1) is 40.5 Å². The Balaban J connectivity index is 1.84. The SMILES string of the molecule is N#Cc1cc(C#N)cc(Oc2cccc(Oc3ccc(C(F)(F)F)c(C#N)c3)c2)c1. The van der Waals surface area contributed by atoms with E-state index >= 15 is 0 Å². The van der Waals surface area contributed by atoms with Gasteiger partial charge in [-0.3, -0.25) is 0 Å². The summed E-state index contributed by atoms with van der Waals surface area (Å²) < 4.78 is 50.0. The Morgan fingerprint density at radius 2 is 1.20 bits per heavy atom. The average molecular weight is 405 g/mol. The normalized spacial score (nSPS) is 10.4. The monoisotopic (exact) mass is 405 g/mol. The Morgan fingerprint density at radius 3 is 1.73 bits per heavy atom. The highest BCUT2D eigenvalue weighted by Gasteiger charge is 2.33. The van der Waals surface area contributed by atoms with Crippen LogP contribution >= 0.6 is 0 Å². The first-order valence-electron chi connectivity index (χ1n) is 8.35. The van der Waals surface area contributed by atoms with Gasteiger partial charge in [-0.25, -0.2) is 0 Å². The molecule has 0 saturated carbocycles. The zero-order valence-electron chi connectivity index (χ0n) is 15.1. The minimum atomic E-state index is -4.64. The third-order valence-corrected chi connectivity index (χ3v) is 3.86. The molecule has 5 nitrogen and oxygen atoms in total. The molecule has 0 aromatic heterocycles. The molecule has 0 aliphatic carbocycles. The minimum Gasteiger partial charge on any atom is -0.457 e. The van der Waals surface area contributed by atoms with Gasteiger partial charge in [0.1, 0.15) is 23.0 Å². The molecule has 0 aliphatic heterocycles. The van der Waals surface area contributed by atoms with Gasteiger partial charge in [-0.2, -0.15) is 29.0 Å². The number of nitrogens with zero attached hydrogens (tertiary/aromatic N) is 3. The van der Waals surface area contributed by atoms with Crippen LogP contribution in [0.15, 0.2) is 60.7 Å². The van der Waals surface area contributed by atoms with E-state index in [-0.39, 0.29) is 28.4 Å². The van der Waals surface area contributed by atoms with Crippen LogP contribution in [0.3, 0.4) is 0 Å². The summed E-state index contributed by atoms with van der Waals surface area (Å²) in [6.45, 7) is 0. The Hall–Kier alpha value is -4.48. The number of hydrogen-bond acceptors (Lipinski definition) is 5. The van der Waals surface area contributed by atoms with Crippen molar-refractivity contribution >= 4 is 0 Å². The Morgan fingerprint density at radius 1 is 0.633 bits per heavy atom. The molecule has 0 saturated heterocycles. The Bertz CT molecular complexity index is 1200. The van der Waals surface area contributed by atoms with Crippen molar-refractivity contribution in [2.24, 2.45) is 0 Å². The van der Waals surface area contributed by atoms with Crippen LogP contribution in [-0.2, 0) is 6.18 Å². The zero-order valence-corrected chi connectivity index (χ0v) is 15.1. The fraction of sp³-hybridized carbons (Fsp3) is 0.0455. The van der Waals surface area contributed by atoms with Crippen molar-refractivity contribution in [1.29, 1.82) is 15.8 Å². The lowest BCUT2D eigenvalue weighted by Gasteiger charge is -2.12. The number of benzene rings is 3. The Kier molecular flexibility index (Phi) is 5.58. The van der Waals surface area contributed by atoms with Gasteiger partial charge in [-0.1, -0.05) is 6.07 Å². The van der Waals surface area contributed by atoms with E-state index in [2.05, 4.69) is 0 Å². The molecule has 3 rings (SSSR count). The molecule has 0 unspecified atom stereocenters. The van der Waals surface area contributed by atoms with Crippen molar-refractivity contribution in [3.8, 4) is 41.2 Å². The van der Waals surface area contributed by atoms with Crippen molar-refractivity contribution in [3.63, 3.8) is 0 Å². The molecule has 0 amide bonds. The van der Waals surface area contributed by atoms with E-state index in [0.717, 1.165) is 18.2 Å². The molecule has 30 heavy (non-hydrogen) atoms. The first-order chi connectivity index (χ1) is 14.3. The van der Waals surface area contributed by atoms with Crippen LogP contribution in [0, 0.1) is 34.0 Å². The van der Waals surface area contributed by atoms with Crippen molar-refractivity contribution in [3.05, 3.63) is 82.9 Å². The first kappa shape index (κ1) is 20.3. The zero-order chi connectivity index (χ0) is 21.7. The lowest BCUT2D eigenvalue weighted by Crippen LogP contribution is -2.07. The molecule has 0 aliphatic rings. The van der Waals surface area contributed by atoms with Gasteiger partial charge in [0.2, 0.25) is 0 Å². The number of alkyl halides is 3. The quantitative estimate of drug-likeness (QED) is 0.539. The molecule has 0 atom stereocenters. The molecule has 3 aromatic rings. The first-order valence-corrected chi connectivity index (χ1v) is 8.35. The Labute approximate surface area is 169 Å². The van der Waals surface area contributed by atoms with E-state index in [1.54, 1.807) is 18.2 Å². The molecule has 0 heterocycles. The lowest BCUT2D eigenvalue weighted by molar-refractivity contribution is -0.137. The maximum Gasteiger partial charge on any atom is 0.417 e. The third kappa shape index (κ3) is 4.67. The summed E-state index contributed by atoms with van der Waals surface area (Å²) in [4.78, 5) is 0. The van der Waals surface area contributed by atoms with Gasteiger partial charge < -0.3 is 9.47 Å². The minimum absolute atomic E-state index is 0.0509. The second-order valence-corrected chi connectivity index (χ2v) is 5.97. The summed E-state index contributed by atoms with van der Waals surface area (Å²) in [7, 11) is 0. The maximum absolute atomic E-state index is 12.9. The van der Waals surface area contributed by atoms with Gasteiger partial charge in [0, 0.05) is 6.07 Å². The molecular weight excluding hydrogens is 395 g/mol. The number of rotatable bonds is 4. The molecule has 0 N–H and O–H groups in total. The van der Waals surface area contributed by atoms with Gasteiger partial charge in [-0.05, 0) is 48.5 Å². The predicted molar refractivity (Wildman–Crippen MR) is 98.6 cm³/mol. The van der Waals surface area contributed by atoms with Crippen molar-refractivity contribution in [2.75, 3.05) is 0 Å². The summed E-state index contributed by atoms with van der Waals surface area (Å²) in [6, 6.07) is 18.9. The van der Waals surface area contributed by atoms with E-state index in [4.69, 9.17) is 25.3 Å². The number of halogens is 3. The fourth-order valence-corrected chi connectivity index (χ4v) is 2.59. The summed E-state index contributed by atoms with van der Waals surface area (Å²) in [5, 5.41) is 27.1. The van der Waals surface area contributed by atoms with Crippen molar-refractivity contribution in [2.45, 2.75) is 6.18 Å². The van der Waals surface area contributed by atoms with Crippen molar-refractivity contribution in [1.82, 2.24) is 0 Å². The van der Waals surface area contributed by atoms with Gasteiger partial charge in [-0.15, -0.1) is 0 Å². The molecule has 0 fully saturated rings. The predicted octanol–water partition coefficient (Wildman–Crippen LogP) is 5.91. The van der Waals surface area contributed by atoms with E-state index in [9.17, 15) is 13.2 Å². The highest BCUT2D eigenvalue weighted by molar-refractivity contribution is 5.48. The van der Waals surface area contributed by atoms with Crippen LogP contribution in [0.25, 0.3) is 0 Å². The molecule has 3 aromatic carbocycles. The number of hydrogen-bond donors (Lipinski definition) is 0. The van der Waals surface area contributed by atoms with Crippen LogP contribution < -0.4 is 9.47 Å². The van der Waals surface area contributed by atoms with Gasteiger partial charge in [0.15, 0.2) is 0 Å². The fourth-order valence-electron chi connectivity index (χ4n) is 2.59. The standard InChI is InChI=1S/C22H10F3N3O2/c23-22(24,25)21-5-4-19(9-16(21)13-28)29-17-2-1-3-18(10-17)30-20-7-14(11-26)6-15(8-20)12-27/h1-10H. The summed E-state index contributed by atoms with van der Waals surface area (Å²) in [5.74, 6) is 0.894. The lowest BCUT2D eigenvalue weighted by atomic mass is 10.1. The maximum atomic E-state index is 12.9. The van der Waals surface area contributed by atoms with E-state index < -0.39 is 17.3 Å². The van der Waals surface area contributed by atoms with E-state index in [1.807, 2.05) is 12.1 Å². The van der Waals surface area contributed by atoms with Gasteiger partial charge in [0.25, 0.3) is 0 Å². The molecule has 0 bridgehead atoms. The highest BCUT2D eigenvalue weighted by atomic mass is 19.4. The van der Waals surface area contributed by atoms with Crippen LogP contribution in [-0.4, -0.2) is 0 Å². The summed E-state index contributed by atoms with van der Waals surface area (Å²) in [6.07, 6.45) is -4.64. The third-order valence-electron chi connectivity index (χ3n) is 3.86. The number of ether oxygens (including phenoxy) is 2. The molecule has 8 heteroatoms. The average Bonchev–Trinajstić information content (AvgIpc) is 2.72. The molecule has 146 valence electrons. The molecule has 0 spiro atoms. The van der Waals surface area contributed by atoms with Crippen molar-refractivity contribution < 1.29 is 22.6 Å². The highest BCUT2D eigenvalue weighted by Crippen LogP contribution is 2.35. The smallest absolute Gasteiger partial charge is 0.417 e. The van der Waals surface area contributed by atoms with Crippen LogP contribution in [0.4, 0.5) is 13.2 Å². The van der Waals surface area contributed by atoms with E-state index in [1.165, 1.54) is 30.3 Å². The largest absolute Gasteiger partial charge is 0.457 e. The summed E-state index contributed by atoms with van der Waals surface area (Å²) >= 11 is 0. The van der Waals surface area contributed by atoms with Crippen LogP contribution in [0.2, 0.25) is 0 Å². The molecule has 0 radical (unpaired) electrons. The second-order valence-electron chi connectivity index (χ2n) is 5.97. The van der Waals surface area contributed by atoms with Gasteiger partial charge >= 0.3 is 6.18 Å². The second kappa shape index (κ2) is 8.26. The summed E-state index contributed by atoms with van der Waals surface area (Å²) in [5.41, 5.74) is -1.08.